The number of hydrogen-bond donors (Lipinski definition) is 1. The van der Waals surface area contributed by atoms with Crippen molar-refractivity contribution in [2.45, 2.75) is 33.3 Å². The number of rotatable bonds is 3. The highest BCUT2D eigenvalue weighted by atomic mass is 16.5. The van der Waals surface area contributed by atoms with Gasteiger partial charge in [-0.25, -0.2) is 4.79 Å². The van der Waals surface area contributed by atoms with Gasteiger partial charge in [0, 0.05) is 16.5 Å². The van der Waals surface area contributed by atoms with Crippen LogP contribution in [0.5, 0.6) is 0 Å². The average molecular weight is 259 g/mol. The molecule has 0 fully saturated rings. The summed E-state index contributed by atoms with van der Waals surface area (Å²) in [7, 11) is 0. The van der Waals surface area contributed by atoms with Crippen molar-refractivity contribution < 1.29 is 9.53 Å². The number of aromatic nitrogens is 1. The van der Waals surface area contributed by atoms with E-state index in [1.807, 2.05) is 25.1 Å². The number of pyridine rings is 1. The van der Waals surface area contributed by atoms with Gasteiger partial charge in [-0.05, 0) is 26.3 Å². The van der Waals surface area contributed by atoms with E-state index >= 15 is 0 Å². The van der Waals surface area contributed by atoms with E-state index < -0.39 is 5.97 Å². The molecule has 0 bridgehead atoms. The van der Waals surface area contributed by atoms with Gasteiger partial charge in [-0.1, -0.05) is 25.1 Å². The number of fused-ring (bicyclic) bond motifs is 1. The molecule has 0 aliphatic carbocycles. The number of benzene rings is 1. The molecule has 0 aliphatic rings. The van der Waals surface area contributed by atoms with Crippen LogP contribution in [0.1, 0.15) is 36.7 Å². The van der Waals surface area contributed by atoms with Crippen LogP contribution in [0.2, 0.25) is 0 Å². The molecule has 0 unspecified atom stereocenters. The predicted octanol–water partition coefficient (Wildman–Crippen LogP) is 2.66. The Morgan fingerprint density at radius 3 is 2.63 bits per heavy atom. The largest absolute Gasteiger partial charge is 0.459 e. The first-order valence-corrected chi connectivity index (χ1v) is 6.39. The van der Waals surface area contributed by atoms with Crippen LogP contribution in [-0.4, -0.2) is 17.1 Å². The molecule has 0 aliphatic heterocycles. The predicted molar refractivity (Wildman–Crippen MR) is 74.5 cm³/mol. The van der Waals surface area contributed by atoms with Crippen molar-refractivity contribution in [1.82, 2.24) is 4.98 Å². The number of para-hydroxylation sites is 1. The zero-order valence-electron chi connectivity index (χ0n) is 11.3. The summed E-state index contributed by atoms with van der Waals surface area (Å²) in [5.41, 5.74) is 1.29. The van der Waals surface area contributed by atoms with E-state index in [9.17, 15) is 9.59 Å². The van der Waals surface area contributed by atoms with Crippen LogP contribution in [0.3, 0.4) is 0 Å². The third-order valence-electron chi connectivity index (χ3n) is 2.92. The third kappa shape index (κ3) is 2.52. The molecule has 0 saturated heterocycles. The van der Waals surface area contributed by atoms with Crippen molar-refractivity contribution >= 4 is 16.9 Å². The Kier molecular flexibility index (Phi) is 3.69. The fraction of sp³-hybridized carbons (Fsp3) is 0.333. The van der Waals surface area contributed by atoms with Gasteiger partial charge in [0.05, 0.1) is 11.7 Å². The highest BCUT2D eigenvalue weighted by Crippen LogP contribution is 2.20. The summed E-state index contributed by atoms with van der Waals surface area (Å²) in [5.74, 6) is -0.436. The topological polar surface area (TPSA) is 59.2 Å². The van der Waals surface area contributed by atoms with E-state index in [1.165, 1.54) is 0 Å². The third-order valence-corrected chi connectivity index (χ3v) is 2.92. The minimum Gasteiger partial charge on any atom is -0.459 e. The average Bonchev–Trinajstić information content (AvgIpc) is 2.36. The zero-order valence-corrected chi connectivity index (χ0v) is 11.3. The molecular formula is C15H17NO3. The SMILES string of the molecule is CCc1c(C(=O)OC(C)C)c2ccccc2[nH]c1=O. The molecule has 1 N–H and O–H groups in total. The van der Waals surface area contributed by atoms with E-state index in [0.717, 1.165) is 5.39 Å². The monoisotopic (exact) mass is 259 g/mol. The van der Waals surface area contributed by atoms with Crippen LogP contribution in [-0.2, 0) is 11.2 Å². The number of carbonyl (C=O) groups is 1. The van der Waals surface area contributed by atoms with Crippen molar-refractivity contribution in [2.24, 2.45) is 0 Å². The van der Waals surface area contributed by atoms with Gasteiger partial charge < -0.3 is 9.72 Å². The van der Waals surface area contributed by atoms with Crippen LogP contribution < -0.4 is 5.56 Å². The number of hydrogen-bond acceptors (Lipinski definition) is 3. The number of nitrogens with one attached hydrogen (secondary N) is 1. The quantitative estimate of drug-likeness (QED) is 0.862. The molecule has 0 radical (unpaired) electrons. The standard InChI is InChI=1S/C15H17NO3/c1-4-10-13(15(18)19-9(2)3)11-7-5-6-8-12(11)16-14(10)17/h5-9H,4H2,1-3H3,(H,16,17). The molecule has 1 heterocycles. The molecule has 1 aromatic carbocycles. The van der Waals surface area contributed by atoms with Crippen molar-refractivity contribution in [3.8, 4) is 0 Å². The Hall–Kier alpha value is -2.10. The van der Waals surface area contributed by atoms with E-state index in [2.05, 4.69) is 4.98 Å². The second-order valence-corrected chi connectivity index (χ2v) is 4.66. The Morgan fingerprint density at radius 1 is 1.32 bits per heavy atom. The van der Waals surface area contributed by atoms with Crippen molar-refractivity contribution in [1.29, 1.82) is 0 Å². The Balaban J connectivity index is 2.74. The van der Waals surface area contributed by atoms with Gasteiger partial charge in [0.2, 0.25) is 0 Å². The Morgan fingerprint density at radius 2 is 2.00 bits per heavy atom. The minimum absolute atomic E-state index is 0.213. The summed E-state index contributed by atoms with van der Waals surface area (Å²) in [6, 6.07) is 7.26. The molecule has 4 heteroatoms. The normalized spacial score (nSPS) is 10.9. The summed E-state index contributed by atoms with van der Waals surface area (Å²) in [5, 5.41) is 0.726. The van der Waals surface area contributed by atoms with Gasteiger partial charge in [0.25, 0.3) is 5.56 Å². The van der Waals surface area contributed by atoms with Gasteiger partial charge in [0.15, 0.2) is 0 Å². The number of esters is 1. The van der Waals surface area contributed by atoms with Crippen LogP contribution >= 0.6 is 0 Å². The molecule has 0 saturated carbocycles. The van der Waals surface area contributed by atoms with Gasteiger partial charge in [-0.3, -0.25) is 4.79 Å². The molecule has 0 amide bonds. The number of carbonyl (C=O) groups excluding carboxylic acids is 1. The van der Waals surface area contributed by atoms with Crippen LogP contribution in [0.15, 0.2) is 29.1 Å². The lowest BCUT2D eigenvalue weighted by atomic mass is 10.0. The maximum absolute atomic E-state index is 12.2. The summed E-state index contributed by atoms with van der Waals surface area (Å²) in [6.07, 6.45) is 0.276. The van der Waals surface area contributed by atoms with Gasteiger partial charge in [0.1, 0.15) is 0 Å². The van der Waals surface area contributed by atoms with Crippen molar-refractivity contribution in [2.75, 3.05) is 0 Å². The molecule has 19 heavy (non-hydrogen) atoms. The summed E-state index contributed by atoms with van der Waals surface area (Å²) in [6.45, 7) is 5.43. The fourth-order valence-electron chi connectivity index (χ4n) is 2.13. The molecule has 1 aromatic heterocycles. The van der Waals surface area contributed by atoms with Gasteiger partial charge in [-0.15, -0.1) is 0 Å². The lowest BCUT2D eigenvalue weighted by Crippen LogP contribution is -2.21. The number of aromatic amines is 1. The van der Waals surface area contributed by atoms with Crippen molar-refractivity contribution in [3.05, 3.63) is 45.7 Å². The molecule has 100 valence electrons. The molecule has 0 spiro atoms. The first-order valence-electron chi connectivity index (χ1n) is 6.39. The van der Waals surface area contributed by atoms with Crippen LogP contribution in [0, 0.1) is 0 Å². The second-order valence-electron chi connectivity index (χ2n) is 4.66. The van der Waals surface area contributed by atoms with Gasteiger partial charge >= 0.3 is 5.97 Å². The summed E-state index contributed by atoms with van der Waals surface area (Å²) < 4.78 is 5.25. The lowest BCUT2D eigenvalue weighted by molar-refractivity contribution is 0.0379. The highest BCUT2D eigenvalue weighted by Gasteiger charge is 2.19. The lowest BCUT2D eigenvalue weighted by Gasteiger charge is -2.13. The second kappa shape index (κ2) is 5.26. The first kappa shape index (κ1) is 13.3. The Bertz CT molecular complexity index is 671. The number of ether oxygens (including phenoxy) is 1. The molecule has 4 nitrogen and oxygen atoms in total. The molecule has 0 atom stereocenters. The maximum atomic E-state index is 12.2. The van der Waals surface area contributed by atoms with Gasteiger partial charge in [-0.2, -0.15) is 0 Å². The minimum atomic E-state index is -0.436. The molecule has 2 rings (SSSR count). The van der Waals surface area contributed by atoms with E-state index in [-0.39, 0.29) is 11.7 Å². The first-order chi connectivity index (χ1) is 9.04. The molecule has 2 aromatic rings. The van der Waals surface area contributed by atoms with Crippen LogP contribution in [0.4, 0.5) is 0 Å². The number of H-pyrrole nitrogens is 1. The fourth-order valence-corrected chi connectivity index (χ4v) is 2.13. The Labute approximate surface area is 111 Å². The summed E-state index contributed by atoms with van der Waals surface area (Å²) >= 11 is 0. The van der Waals surface area contributed by atoms with Crippen molar-refractivity contribution in [3.63, 3.8) is 0 Å². The highest BCUT2D eigenvalue weighted by molar-refractivity contribution is 6.04. The van der Waals surface area contributed by atoms with E-state index in [4.69, 9.17) is 4.74 Å². The van der Waals surface area contributed by atoms with Crippen LogP contribution in [0.25, 0.3) is 10.9 Å². The smallest absolute Gasteiger partial charge is 0.339 e. The van der Waals surface area contributed by atoms with E-state index in [1.54, 1.807) is 19.9 Å². The molecular weight excluding hydrogens is 242 g/mol. The maximum Gasteiger partial charge on any atom is 0.339 e. The van der Waals surface area contributed by atoms with E-state index in [0.29, 0.717) is 23.1 Å². The zero-order chi connectivity index (χ0) is 14.0. The summed E-state index contributed by atoms with van der Waals surface area (Å²) in [4.78, 5) is 27.0.